The number of thioether (sulfide) groups is 1. The van der Waals surface area contributed by atoms with Gasteiger partial charge >= 0.3 is 0 Å². The predicted molar refractivity (Wildman–Crippen MR) is 80.6 cm³/mol. The summed E-state index contributed by atoms with van der Waals surface area (Å²) in [6.45, 7) is 2.01. The molecule has 2 aliphatic heterocycles. The van der Waals surface area contributed by atoms with E-state index < -0.39 is 0 Å². The molecule has 0 spiro atoms. The van der Waals surface area contributed by atoms with Gasteiger partial charge in [-0.2, -0.15) is 0 Å². The lowest BCUT2D eigenvalue weighted by Gasteiger charge is -2.16. The number of aliphatic hydroxyl groups excluding tert-OH is 1. The summed E-state index contributed by atoms with van der Waals surface area (Å²) in [5.74, 6) is 0. The molecule has 3 rings (SSSR count). The van der Waals surface area contributed by atoms with Crippen molar-refractivity contribution in [1.29, 1.82) is 0 Å². The topological polar surface area (TPSA) is 35.5 Å². The fourth-order valence-corrected chi connectivity index (χ4v) is 3.78. The zero-order chi connectivity index (χ0) is 13.6. The van der Waals surface area contributed by atoms with Gasteiger partial charge in [0.2, 0.25) is 0 Å². The molecule has 1 atom stereocenters. The van der Waals surface area contributed by atoms with Crippen LogP contribution in [0.1, 0.15) is 12.5 Å². The molecule has 100 valence electrons. The van der Waals surface area contributed by atoms with Gasteiger partial charge in [0.15, 0.2) is 5.50 Å². The number of nitrogens with one attached hydrogen (secondary N) is 1. The molecule has 0 saturated carbocycles. The molecule has 0 bridgehead atoms. The Balaban J connectivity index is 2.06. The predicted octanol–water partition coefficient (Wildman–Crippen LogP) is 3.45. The molecule has 2 heterocycles. The highest BCUT2D eigenvalue weighted by Crippen LogP contribution is 2.42. The second-order valence-electron chi connectivity index (χ2n) is 4.37. The van der Waals surface area contributed by atoms with Crippen LogP contribution >= 0.6 is 35.0 Å². The van der Waals surface area contributed by atoms with Crippen molar-refractivity contribution in [3.63, 3.8) is 0 Å². The lowest BCUT2D eigenvalue weighted by atomic mass is 10.1. The van der Waals surface area contributed by atoms with Crippen LogP contribution in [-0.4, -0.2) is 22.1 Å². The Morgan fingerprint density at radius 2 is 2.21 bits per heavy atom. The first kappa shape index (κ1) is 13.2. The zero-order valence-corrected chi connectivity index (χ0v) is 12.5. The maximum absolute atomic E-state index is 9.63. The van der Waals surface area contributed by atoms with E-state index in [-0.39, 0.29) is 12.1 Å². The lowest BCUT2D eigenvalue weighted by Crippen LogP contribution is -2.27. The Morgan fingerprint density at radius 1 is 1.42 bits per heavy atom. The van der Waals surface area contributed by atoms with E-state index in [4.69, 9.17) is 23.2 Å². The number of rotatable bonds is 2. The highest BCUT2D eigenvalue weighted by atomic mass is 35.5. The molecule has 19 heavy (non-hydrogen) atoms. The quantitative estimate of drug-likeness (QED) is 0.876. The van der Waals surface area contributed by atoms with Gasteiger partial charge < -0.3 is 15.3 Å². The van der Waals surface area contributed by atoms with Crippen LogP contribution in [0.2, 0.25) is 10.0 Å². The summed E-state index contributed by atoms with van der Waals surface area (Å²) in [7, 11) is 0. The zero-order valence-electron chi connectivity index (χ0n) is 10.2. The third-order valence-corrected chi connectivity index (χ3v) is 4.68. The lowest BCUT2D eigenvalue weighted by molar-refractivity contribution is 0.291. The van der Waals surface area contributed by atoms with Crippen molar-refractivity contribution in [2.24, 2.45) is 0 Å². The first-order valence-electron chi connectivity index (χ1n) is 5.79. The minimum Gasteiger partial charge on any atom is -0.390 e. The van der Waals surface area contributed by atoms with Crippen LogP contribution in [0.25, 0.3) is 5.70 Å². The molecule has 0 aromatic heterocycles. The van der Waals surface area contributed by atoms with Gasteiger partial charge in [0, 0.05) is 21.7 Å². The Morgan fingerprint density at radius 3 is 2.89 bits per heavy atom. The molecule has 1 aromatic carbocycles. The van der Waals surface area contributed by atoms with Crippen LogP contribution in [0, 0.1) is 0 Å². The van der Waals surface area contributed by atoms with Crippen molar-refractivity contribution in [2.75, 3.05) is 6.61 Å². The molecule has 1 unspecified atom stereocenters. The largest absolute Gasteiger partial charge is 0.390 e. The summed E-state index contributed by atoms with van der Waals surface area (Å²) in [6.07, 6.45) is 2.03. The minimum atomic E-state index is -0.0396. The maximum Gasteiger partial charge on any atom is 0.156 e. The number of aliphatic hydroxyl groups is 1. The average molecular weight is 315 g/mol. The van der Waals surface area contributed by atoms with E-state index in [0.717, 1.165) is 17.0 Å². The normalized spacial score (nSPS) is 21.6. The second kappa shape index (κ2) is 4.94. The summed E-state index contributed by atoms with van der Waals surface area (Å²) in [6, 6.07) is 5.37. The van der Waals surface area contributed by atoms with Crippen LogP contribution in [0.15, 0.2) is 35.0 Å². The second-order valence-corrected chi connectivity index (χ2v) is 6.54. The molecule has 0 aliphatic carbocycles. The van der Waals surface area contributed by atoms with Crippen molar-refractivity contribution in [3.8, 4) is 0 Å². The highest BCUT2D eigenvalue weighted by molar-refractivity contribution is 8.03. The Hall–Kier alpha value is -0.810. The van der Waals surface area contributed by atoms with Gasteiger partial charge in [-0.15, -0.1) is 0 Å². The van der Waals surface area contributed by atoms with E-state index in [2.05, 4.69) is 12.2 Å². The number of halogens is 2. The first-order valence-corrected chi connectivity index (χ1v) is 7.43. The fourth-order valence-electron chi connectivity index (χ4n) is 2.27. The molecule has 2 N–H and O–H groups in total. The number of hydrogen-bond acceptors (Lipinski definition) is 4. The van der Waals surface area contributed by atoms with Gasteiger partial charge in [-0.1, -0.05) is 35.0 Å². The summed E-state index contributed by atoms with van der Waals surface area (Å²) in [5.41, 5.74) is 2.66. The van der Waals surface area contributed by atoms with Gasteiger partial charge in [0.1, 0.15) is 0 Å². The van der Waals surface area contributed by atoms with Crippen molar-refractivity contribution < 1.29 is 5.11 Å². The third kappa shape index (κ3) is 2.23. The molecular weight excluding hydrogens is 303 g/mol. The maximum atomic E-state index is 9.63. The van der Waals surface area contributed by atoms with E-state index in [1.54, 1.807) is 23.9 Å². The summed E-state index contributed by atoms with van der Waals surface area (Å²) in [5, 5.41) is 14.2. The van der Waals surface area contributed by atoms with Crippen LogP contribution in [0.5, 0.6) is 0 Å². The highest BCUT2D eigenvalue weighted by Gasteiger charge is 2.35. The van der Waals surface area contributed by atoms with Gasteiger partial charge in [-0.25, -0.2) is 0 Å². The van der Waals surface area contributed by atoms with Crippen LogP contribution in [0.3, 0.4) is 0 Å². The minimum absolute atomic E-state index is 0.0396. The Labute approximate surface area is 125 Å². The van der Waals surface area contributed by atoms with Crippen LogP contribution < -0.4 is 5.32 Å². The van der Waals surface area contributed by atoms with Crippen LogP contribution in [-0.2, 0) is 0 Å². The van der Waals surface area contributed by atoms with Gasteiger partial charge in [0.05, 0.1) is 23.0 Å². The summed E-state index contributed by atoms with van der Waals surface area (Å²) in [4.78, 5) is 3.25. The number of nitrogens with zero attached hydrogens (tertiary/aromatic N) is 1. The molecule has 0 fully saturated rings. The van der Waals surface area contributed by atoms with E-state index in [9.17, 15) is 5.11 Å². The molecular formula is C13H12Cl2N2OS. The van der Waals surface area contributed by atoms with E-state index >= 15 is 0 Å². The number of allylic oxidation sites excluding steroid dienone is 1. The van der Waals surface area contributed by atoms with Crippen molar-refractivity contribution in [3.05, 3.63) is 50.6 Å². The molecule has 1 aromatic rings. The number of hydrogen-bond donors (Lipinski definition) is 2. The van der Waals surface area contributed by atoms with Crippen molar-refractivity contribution in [2.45, 2.75) is 12.4 Å². The standard InChI is InChI=1S/C13H12Cl2N2OS/c1-7-5-17-11(6-18)12(16-13(17)19-7)9-3-2-8(14)4-10(9)15/h2-5,13,16,18H,6H2,1H3. The molecule has 0 radical (unpaired) electrons. The fraction of sp³-hybridized carbons (Fsp3) is 0.231. The number of benzene rings is 1. The Kier molecular flexibility index (Phi) is 3.43. The van der Waals surface area contributed by atoms with Crippen LogP contribution in [0.4, 0.5) is 0 Å². The van der Waals surface area contributed by atoms with Crippen molar-refractivity contribution >= 4 is 40.7 Å². The molecule has 6 heteroatoms. The smallest absolute Gasteiger partial charge is 0.156 e. The van der Waals surface area contributed by atoms with Crippen molar-refractivity contribution in [1.82, 2.24) is 10.2 Å². The Bertz CT molecular complexity index is 600. The molecule has 0 saturated heterocycles. The number of fused-ring (bicyclic) bond motifs is 1. The van der Waals surface area contributed by atoms with E-state index in [0.29, 0.717) is 10.0 Å². The third-order valence-electron chi connectivity index (χ3n) is 3.09. The van der Waals surface area contributed by atoms with Gasteiger partial charge in [-0.05, 0) is 25.1 Å². The first-order chi connectivity index (χ1) is 9.10. The van der Waals surface area contributed by atoms with Gasteiger partial charge in [0.25, 0.3) is 0 Å². The average Bonchev–Trinajstić information content (AvgIpc) is 2.84. The van der Waals surface area contributed by atoms with Gasteiger partial charge in [-0.3, -0.25) is 0 Å². The SMILES string of the molecule is CC1=CN2C(CO)=C(c3ccc(Cl)cc3Cl)NC2S1. The summed E-state index contributed by atoms with van der Waals surface area (Å²) >= 11 is 13.9. The monoisotopic (exact) mass is 314 g/mol. The van der Waals surface area contributed by atoms with E-state index in [1.165, 1.54) is 4.91 Å². The van der Waals surface area contributed by atoms with E-state index in [1.807, 2.05) is 17.2 Å². The molecule has 3 nitrogen and oxygen atoms in total. The molecule has 0 amide bonds. The summed E-state index contributed by atoms with van der Waals surface area (Å²) < 4.78 is 0. The molecule has 2 aliphatic rings.